The van der Waals surface area contributed by atoms with Gasteiger partial charge in [-0.05, 0) is 12.8 Å². The molecule has 1 aromatic rings. The van der Waals surface area contributed by atoms with Crippen LogP contribution >= 0.6 is 23.2 Å². The molecule has 0 spiro atoms. The zero-order valence-electron chi connectivity index (χ0n) is 7.70. The van der Waals surface area contributed by atoms with Gasteiger partial charge in [0.25, 0.3) is 0 Å². The molecule has 0 bridgehead atoms. The first-order valence-corrected chi connectivity index (χ1v) is 5.24. The molecule has 0 atom stereocenters. The fraction of sp³-hybridized carbons (Fsp3) is 0.500. The second-order valence-corrected chi connectivity index (χ2v) is 4.03. The lowest BCUT2D eigenvalue weighted by molar-refractivity contribution is 0.982. The third-order valence-corrected chi connectivity index (χ3v) is 2.66. The summed E-state index contributed by atoms with van der Waals surface area (Å²) in [5, 5.41) is 6.14. The Morgan fingerprint density at radius 3 is 2.40 bits per heavy atom. The van der Waals surface area contributed by atoms with Gasteiger partial charge in [-0.1, -0.05) is 28.4 Å². The minimum atomic E-state index is -0.110. The Bertz CT molecular complexity index is 371. The molecule has 0 unspecified atom stereocenters. The monoisotopic (exact) mass is 246 g/mol. The van der Waals surface area contributed by atoms with Gasteiger partial charge in [0.2, 0.25) is 5.95 Å². The number of hydrogen-bond donors (Lipinski definition) is 1. The van der Waals surface area contributed by atoms with Crippen molar-refractivity contribution in [2.75, 3.05) is 5.32 Å². The first-order valence-electron chi connectivity index (χ1n) is 4.48. The maximum atomic E-state index is 10.1. The predicted molar refractivity (Wildman–Crippen MR) is 58.2 cm³/mol. The van der Waals surface area contributed by atoms with E-state index < -0.39 is 0 Å². The molecule has 1 heterocycles. The second kappa shape index (κ2) is 4.28. The summed E-state index contributed by atoms with van der Waals surface area (Å²) in [7, 11) is 0. The van der Waals surface area contributed by atoms with Crippen molar-refractivity contribution in [1.29, 1.82) is 0 Å². The largest absolute Gasteiger partial charge is 0.351 e. The average Bonchev–Trinajstić information content (AvgIpc) is 2.95. The lowest BCUT2D eigenvalue weighted by Crippen LogP contribution is -2.07. The molecule has 15 heavy (non-hydrogen) atoms. The van der Waals surface area contributed by atoms with E-state index in [1.54, 1.807) is 0 Å². The number of hydrogen-bond acceptors (Lipinski definition) is 5. The van der Waals surface area contributed by atoms with Crippen LogP contribution in [0.3, 0.4) is 0 Å². The molecule has 0 aromatic carbocycles. The zero-order valence-corrected chi connectivity index (χ0v) is 9.22. The highest BCUT2D eigenvalue weighted by molar-refractivity contribution is 6.34. The van der Waals surface area contributed by atoms with Crippen molar-refractivity contribution in [2.24, 2.45) is 5.18 Å². The minimum absolute atomic E-state index is 0.110. The Labute approximate surface area is 96.2 Å². The molecular formula is C8H8Cl2N4O. The van der Waals surface area contributed by atoms with E-state index in [4.69, 9.17) is 23.2 Å². The van der Waals surface area contributed by atoms with Crippen molar-refractivity contribution in [3.8, 4) is 0 Å². The molecule has 0 amide bonds. The van der Waals surface area contributed by atoms with Gasteiger partial charge in [-0.3, -0.25) is 0 Å². The van der Waals surface area contributed by atoms with Crippen LogP contribution in [0.1, 0.15) is 18.4 Å². The van der Waals surface area contributed by atoms with Crippen LogP contribution in [0.5, 0.6) is 0 Å². The molecular weight excluding hydrogens is 239 g/mol. The van der Waals surface area contributed by atoms with E-state index in [2.05, 4.69) is 20.5 Å². The standard InChI is InChI=1S/C8H8Cl2N4O/c9-6-5(3-11-15)7(10)14-8(13-6)12-4-1-2-4/h4H,1-3H2,(H,12,13,14). The first kappa shape index (κ1) is 10.6. The molecule has 1 N–H and O–H groups in total. The Morgan fingerprint density at radius 1 is 1.33 bits per heavy atom. The molecule has 0 saturated heterocycles. The summed E-state index contributed by atoms with van der Waals surface area (Å²) in [6.07, 6.45) is 2.21. The molecule has 0 radical (unpaired) electrons. The van der Waals surface area contributed by atoms with Crippen molar-refractivity contribution in [1.82, 2.24) is 9.97 Å². The van der Waals surface area contributed by atoms with Gasteiger partial charge in [0.1, 0.15) is 16.9 Å². The predicted octanol–water partition coefficient (Wildman–Crippen LogP) is 2.62. The van der Waals surface area contributed by atoms with Gasteiger partial charge in [0.15, 0.2) is 0 Å². The number of aromatic nitrogens is 2. The minimum Gasteiger partial charge on any atom is -0.351 e. The maximum Gasteiger partial charge on any atom is 0.225 e. The molecule has 1 aliphatic carbocycles. The molecule has 5 nitrogen and oxygen atoms in total. The number of nitrogens with one attached hydrogen (secondary N) is 1. The van der Waals surface area contributed by atoms with Crippen LogP contribution in [-0.2, 0) is 6.54 Å². The van der Waals surface area contributed by atoms with E-state index in [-0.39, 0.29) is 16.9 Å². The number of nitrogens with zero attached hydrogens (tertiary/aromatic N) is 3. The van der Waals surface area contributed by atoms with E-state index >= 15 is 0 Å². The quantitative estimate of drug-likeness (QED) is 0.655. The SMILES string of the molecule is O=NCc1c(Cl)nc(NC2CC2)nc1Cl. The summed E-state index contributed by atoms with van der Waals surface area (Å²) < 4.78 is 0. The average molecular weight is 247 g/mol. The van der Waals surface area contributed by atoms with Gasteiger partial charge in [-0.2, -0.15) is 4.91 Å². The summed E-state index contributed by atoms with van der Waals surface area (Å²) in [6.45, 7) is -0.110. The fourth-order valence-electron chi connectivity index (χ4n) is 1.10. The van der Waals surface area contributed by atoms with Crippen LogP contribution in [-0.4, -0.2) is 16.0 Å². The van der Waals surface area contributed by atoms with E-state index in [1.165, 1.54) is 0 Å². The van der Waals surface area contributed by atoms with Crippen LogP contribution in [0.15, 0.2) is 5.18 Å². The van der Waals surface area contributed by atoms with Crippen LogP contribution < -0.4 is 5.32 Å². The highest BCUT2D eigenvalue weighted by atomic mass is 35.5. The lowest BCUT2D eigenvalue weighted by atomic mass is 10.3. The third kappa shape index (κ3) is 2.54. The van der Waals surface area contributed by atoms with Crippen LogP contribution in [0.4, 0.5) is 5.95 Å². The Kier molecular flexibility index (Phi) is 3.02. The summed E-state index contributed by atoms with van der Waals surface area (Å²) in [5.41, 5.74) is 0.370. The number of anilines is 1. The molecule has 1 fully saturated rings. The topological polar surface area (TPSA) is 67.2 Å². The van der Waals surface area contributed by atoms with Gasteiger partial charge in [-0.25, -0.2) is 9.97 Å². The number of rotatable bonds is 4. The van der Waals surface area contributed by atoms with Gasteiger partial charge in [0.05, 0.1) is 5.56 Å². The highest BCUT2D eigenvalue weighted by Crippen LogP contribution is 2.27. The molecule has 1 aliphatic rings. The molecule has 1 saturated carbocycles. The molecule has 1 aromatic heterocycles. The van der Waals surface area contributed by atoms with E-state index in [1.807, 2.05) is 0 Å². The van der Waals surface area contributed by atoms with Gasteiger partial charge in [0, 0.05) is 6.04 Å². The third-order valence-electron chi connectivity index (χ3n) is 2.04. The van der Waals surface area contributed by atoms with Gasteiger partial charge >= 0.3 is 0 Å². The van der Waals surface area contributed by atoms with Crippen LogP contribution in [0.25, 0.3) is 0 Å². The Balaban J connectivity index is 2.24. The Hall–Kier alpha value is -0.940. The van der Waals surface area contributed by atoms with Crippen molar-refractivity contribution in [3.63, 3.8) is 0 Å². The van der Waals surface area contributed by atoms with Crippen molar-refractivity contribution in [3.05, 3.63) is 20.8 Å². The zero-order chi connectivity index (χ0) is 10.8. The number of nitroso groups, excluding NO2 is 1. The molecule has 2 rings (SSSR count). The maximum absolute atomic E-state index is 10.1. The van der Waals surface area contributed by atoms with E-state index in [0.29, 0.717) is 17.6 Å². The number of halogens is 2. The first-order chi connectivity index (χ1) is 7.20. The van der Waals surface area contributed by atoms with E-state index in [0.717, 1.165) is 12.8 Å². The summed E-state index contributed by atoms with van der Waals surface area (Å²) in [4.78, 5) is 18.1. The lowest BCUT2D eigenvalue weighted by Gasteiger charge is -2.06. The van der Waals surface area contributed by atoms with Crippen LogP contribution in [0, 0.1) is 4.91 Å². The van der Waals surface area contributed by atoms with Gasteiger partial charge in [-0.15, -0.1) is 0 Å². The fourth-order valence-corrected chi connectivity index (χ4v) is 1.61. The van der Waals surface area contributed by atoms with Crippen LogP contribution in [0.2, 0.25) is 10.3 Å². The molecule has 80 valence electrons. The summed E-state index contributed by atoms with van der Waals surface area (Å²) in [5.74, 6) is 0.405. The van der Waals surface area contributed by atoms with Crippen molar-refractivity contribution < 1.29 is 0 Å². The molecule has 7 heteroatoms. The summed E-state index contributed by atoms with van der Waals surface area (Å²) in [6, 6.07) is 0.423. The molecule has 0 aliphatic heterocycles. The normalized spacial score (nSPS) is 15.1. The summed E-state index contributed by atoms with van der Waals surface area (Å²) >= 11 is 11.7. The highest BCUT2D eigenvalue weighted by Gasteiger charge is 2.23. The van der Waals surface area contributed by atoms with Crippen molar-refractivity contribution in [2.45, 2.75) is 25.4 Å². The van der Waals surface area contributed by atoms with Gasteiger partial charge < -0.3 is 5.32 Å². The van der Waals surface area contributed by atoms with Crippen molar-refractivity contribution >= 4 is 29.2 Å². The Morgan fingerprint density at radius 2 is 1.93 bits per heavy atom. The van der Waals surface area contributed by atoms with E-state index in [9.17, 15) is 4.91 Å². The smallest absolute Gasteiger partial charge is 0.225 e. The second-order valence-electron chi connectivity index (χ2n) is 3.31.